The van der Waals surface area contributed by atoms with Gasteiger partial charge in [-0.05, 0) is 24.6 Å². The first-order chi connectivity index (χ1) is 7.11. The molecule has 0 aliphatic rings. The first-order valence-electron chi connectivity index (χ1n) is 4.21. The van der Waals surface area contributed by atoms with Crippen LogP contribution >= 0.6 is 0 Å². The van der Waals surface area contributed by atoms with Gasteiger partial charge in [0.1, 0.15) is 0 Å². The number of anilines is 1. The Morgan fingerprint density at radius 3 is 2.19 bits per heavy atom. The number of sulfonamides is 2. The summed E-state index contributed by atoms with van der Waals surface area (Å²) in [5, 5.41) is 4.99. The molecule has 0 bridgehead atoms. The zero-order valence-corrected chi connectivity index (χ0v) is 10.4. The molecule has 90 valence electrons. The minimum absolute atomic E-state index is 0.0962. The second kappa shape index (κ2) is 4.04. The van der Waals surface area contributed by atoms with E-state index in [1.807, 2.05) is 0 Å². The second-order valence-electron chi connectivity index (χ2n) is 3.35. The van der Waals surface area contributed by atoms with Crippen LogP contribution in [0.25, 0.3) is 0 Å². The first kappa shape index (κ1) is 12.9. The molecule has 0 aromatic heterocycles. The standard InChI is InChI=1S/C8H12N2O4S2/c1-6-7(10-15(2,11)12)4-3-5-8(6)16(9,13)14/h3-5,10H,1-2H3,(H2,9,13,14). The zero-order valence-electron chi connectivity index (χ0n) is 8.76. The van der Waals surface area contributed by atoms with Crippen LogP contribution in [-0.2, 0) is 20.0 Å². The van der Waals surface area contributed by atoms with Crippen molar-refractivity contribution in [3.05, 3.63) is 23.8 Å². The topological polar surface area (TPSA) is 106 Å². The molecule has 1 rings (SSSR count). The predicted octanol–water partition coefficient (Wildman–Crippen LogP) is 0.0139. The highest BCUT2D eigenvalue weighted by atomic mass is 32.2. The van der Waals surface area contributed by atoms with Crippen molar-refractivity contribution in [2.24, 2.45) is 5.14 Å². The first-order valence-corrected chi connectivity index (χ1v) is 7.65. The molecule has 6 nitrogen and oxygen atoms in total. The van der Waals surface area contributed by atoms with Gasteiger partial charge in [0.05, 0.1) is 16.8 Å². The normalized spacial score (nSPS) is 12.4. The minimum Gasteiger partial charge on any atom is -0.283 e. The molecule has 0 atom stereocenters. The summed E-state index contributed by atoms with van der Waals surface area (Å²) in [6.07, 6.45) is 0.982. The SMILES string of the molecule is Cc1c(NS(C)(=O)=O)cccc1S(N)(=O)=O. The molecule has 0 aliphatic heterocycles. The van der Waals surface area contributed by atoms with Crippen LogP contribution in [0.3, 0.4) is 0 Å². The maximum absolute atomic E-state index is 11.2. The Kier molecular flexibility index (Phi) is 3.27. The highest BCUT2D eigenvalue weighted by Gasteiger charge is 2.15. The highest BCUT2D eigenvalue weighted by molar-refractivity contribution is 7.92. The summed E-state index contributed by atoms with van der Waals surface area (Å²) >= 11 is 0. The molecule has 1 aromatic rings. The van der Waals surface area contributed by atoms with Crippen molar-refractivity contribution in [3.8, 4) is 0 Å². The quantitative estimate of drug-likeness (QED) is 0.802. The van der Waals surface area contributed by atoms with Gasteiger partial charge in [0, 0.05) is 0 Å². The van der Waals surface area contributed by atoms with Gasteiger partial charge in [-0.25, -0.2) is 22.0 Å². The summed E-state index contributed by atoms with van der Waals surface area (Å²) in [5.74, 6) is 0. The van der Waals surface area contributed by atoms with Crippen LogP contribution in [-0.4, -0.2) is 23.1 Å². The summed E-state index contributed by atoms with van der Waals surface area (Å²) in [4.78, 5) is -0.0962. The van der Waals surface area contributed by atoms with Gasteiger partial charge in [0.25, 0.3) is 0 Å². The molecule has 1 aromatic carbocycles. The highest BCUT2D eigenvalue weighted by Crippen LogP contribution is 2.22. The lowest BCUT2D eigenvalue weighted by molar-refractivity contribution is 0.596. The molecule has 0 saturated heterocycles. The zero-order chi connectivity index (χ0) is 12.6. The van der Waals surface area contributed by atoms with E-state index < -0.39 is 20.0 Å². The minimum atomic E-state index is -3.85. The van der Waals surface area contributed by atoms with E-state index in [1.165, 1.54) is 25.1 Å². The Morgan fingerprint density at radius 2 is 1.75 bits per heavy atom. The maximum Gasteiger partial charge on any atom is 0.238 e. The Hall–Kier alpha value is -1.12. The molecule has 3 N–H and O–H groups in total. The third-order valence-electron chi connectivity index (χ3n) is 1.89. The van der Waals surface area contributed by atoms with E-state index in [9.17, 15) is 16.8 Å². The molecular weight excluding hydrogens is 252 g/mol. The number of benzene rings is 1. The molecule has 16 heavy (non-hydrogen) atoms. The fourth-order valence-corrected chi connectivity index (χ4v) is 2.66. The van der Waals surface area contributed by atoms with Gasteiger partial charge in [-0.2, -0.15) is 0 Å². The molecular formula is C8H12N2O4S2. The maximum atomic E-state index is 11.2. The fraction of sp³-hybridized carbons (Fsp3) is 0.250. The Bertz CT molecular complexity index is 605. The lowest BCUT2D eigenvalue weighted by Gasteiger charge is -2.10. The van der Waals surface area contributed by atoms with Crippen molar-refractivity contribution >= 4 is 25.7 Å². The molecule has 0 saturated carbocycles. The number of primary sulfonamides is 1. The summed E-state index contributed by atoms with van der Waals surface area (Å²) < 4.78 is 46.6. The van der Waals surface area contributed by atoms with E-state index in [4.69, 9.17) is 5.14 Å². The van der Waals surface area contributed by atoms with Gasteiger partial charge in [-0.15, -0.1) is 0 Å². The average Bonchev–Trinajstić information content (AvgIpc) is 2.04. The van der Waals surface area contributed by atoms with Gasteiger partial charge in [0.2, 0.25) is 20.0 Å². The van der Waals surface area contributed by atoms with Crippen LogP contribution in [0.5, 0.6) is 0 Å². The third kappa shape index (κ3) is 3.19. The molecule has 0 unspecified atom stereocenters. The van der Waals surface area contributed by atoms with Crippen molar-refractivity contribution in [2.45, 2.75) is 11.8 Å². The smallest absolute Gasteiger partial charge is 0.238 e. The largest absolute Gasteiger partial charge is 0.283 e. The van der Waals surface area contributed by atoms with Crippen LogP contribution in [0.4, 0.5) is 5.69 Å². The number of hydrogen-bond donors (Lipinski definition) is 2. The molecule has 8 heteroatoms. The lowest BCUT2D eigenvalue weighted by Crippen LogP contribution is -2.16. The van der Waals surface area contributed by atoms with Crippen LogP contribution < -0.4 is 9.86 Å². The van der Waals surface area contributed by atoms with E-state index >= 15 is 0 Å². The van der Waals surface area contributed by atoms with Crippen LogP contribution in [0.2, 0.25) is 0 Å². The summed E-state index contributed by atoms with van der Waals surface area (Å²) in [6.45, 7) is 1.48. The number of rotatable bonds is 3. The Balaban J connectivity index is 3.36. The van der Waals surface area contributed by atoms with E-state index in [2.05, 4.69) is 4.72 Å². The van der Waals surface area contributed by atoms with E-state index in [1.54, 1.807) is 0 Å². The van der Waals surface area contributed by atoms with Gasteiger partial charge in [-0.1, -0.05) is 6.07 Å². The number of nitrogens with two attached hydrogens (primary N) is 1. The summed E-state index contributed by atoms with van der Waals surface area (Å²) in [7, 11) is -7.29. The molecule has 0 heterocycles. The molecule has 0 amide bonds. The van der Waals surface area contributed by atoms with Gasteiger partial charge in [0.15, 0.2) is 0 Å². The molecule has 0 radical (unpaired) electrons. The van der Waals surface area contributed by atoms with Crippen LogP contribution in [0.15, 0.2) is 23.1 Å². The second-order valence-corrected chi connectivity index (χ2v) is 6.63. The van der Waals surface area contributed by atoms with Crippen LogP contribution in [0.1, 0.15) is 5.56 Å². The molecule has 0 aliphatic carbocycles. The van der Waals surface area contributed by atoms with Crippen molar-refractivity contribution in [1.29, 1.82) is 0 Å². The van der Waals surface area contributed by atoms with Crippen molar-refractivity contribution in [2.75, 3.05) is 11.0 Å². The van der Waals surface area contributed by atoms with Gasteiger partial charge < -0.3 is 0 Å². The van der Waals surface area contributed by atoms with E-state index in [-0.39, 0.29) is 16.1 Å². The van der Waals surface area contributed by atoms with E-state index in [0.29, 0.717) is 0 Å². The fourth-order valence-electron chi connectivity index (χ4n) is 1.23. The molecule has 0 fully saturated rings. The van der Waals surface area contributed by atoms with Crippen molar-refractivity contribution in [1.82, 2.24) is 0 Å². The number of hydrogen-bond acceptors (Lipinski definition) is 4. The summed E-state index contributed by atoms with van der Waals surface area (Å²) in [6, 6.07) is 4.20. The predicted molar refractivity (Wildman–Crippen MR) is 61.0 cm³/mol. The van der Waals surface area contributed by atoms with Gasteiger partial charge >= 0.3 is 0 Å². The number of nitrogens with one attached hydrogen (secondary N) is 1. The monoisotopic (exact) mass is 264 g/mol. The van der Waals surface area contributed by atoms with Gasteiger partial charge in [-0.3, -0.25) is 4.72 Å². The lowest BCUT2D eigenvalue weighted by atomic mass is 10.2. The molecule has 0 spiro atoms. The summed E-state index contributed by atoms with van der Waals surface area (Å²) in [5.41, 5.74) is 0.476. The van der Waals surface area contributed by atoms with Crippen LogP contribution in [0, 0.1) is 6.92 Å². The van der Waals surface area contributed by atoms with Crippen molar-refractivity contribution < 1.29 is 16.8 Å². The average molecular weight is 264 g/mol. The Labute approximate surface area is 94.6 Å². The third-order valence-corrected chi connectivity index (χ3v) is 3.53. The van der Waals surface area contributed by atoms with Crippen molar-refractivity contribution in [3.63, 3.8) is 0 Å². The Morgan fingerprint density at radius 1 is 1.19 bits per heavy atom. The van der Waals surface area contributed by atoms with E-state index in [0.717, 1.165) is 6.26 Å².